The van der Waals surface area contributed by atoms with Gasteiger partial charge in [0.2, 0.25) is 0 Å². The molecular formula is C16H26ClN3O4. The number of nitrogens with one attached hydrogen (secondary N) is 2. The summed E-state index contributed by atoms with van der Waals surface area (Å²) in [5.74, 6) is 0.380. The number of methoxy groups -OCH3 is 1. The molecule has 0 aromatic heterocycles. The summed E-state index contributed by atoms with van der Waals surface area (Å²) in [5, 5.41) is 5.49. The number of amides is 2. The van der Waals surface area contributed by atoms with E-state index >= 15 is 0 Å². The standard InChI is InChI=1S/C16H25N3O4.ClH/c1-11(2)19-15(20)10-23-13-6-5-12(9-14(13)22-3)16(21)18-8-4-7-17;/h5-6,9,11H,4,7-8,10,17H2,1-3H3,(H,18,21)(H,19,20);1H. The van der Waals surface area contributed by atoms with Gasteiger partial charge in [-0.1, -0.05) is 0 Å². The molecule has 0 radical (unpaired) electrons. The maximum absolute atomic E-state index is 12.0. The smallest absolute Gasteiger partial charge is 0.258 e. The third kappa shape index (κ3) is 7.52. The summed E-state index contributed by atoms with van der Waals surface area (Å²) >= 11 is 0. The first-order valence-corrected chi connectivity index (χ1v) is 7.56. The van der Waals surface area contributed by atoms with Crippen molar-refractivity contribution < 1.29 is 19.1 Å². The van der Waals surface area contributed by atoms with Crippen molar-refractivity contribution in [1.82, 2.24) is 10.6 Å². The molecule has 0 aliphatic rings. The Hall–Kier alpha value is -1.99. The second kappa shape index (κ2) is 11.5. The predicted octanol–water partition coefficient (Wildman–Crippen LogP) is 1.10. The van der Waals surface area contributed by atoms with Gasteiger partial charge in [0.05, 0.1) is 7.11 Å². The lowest BCUT2D eigenvalue weighted by atomic mass is 10.2. The fourth-order valence-corrected chi connectivity index (χ4v) is 1.84. The highest BCUT2D eigenvalue weighted by Gasteiger charge is 2.12. The molecule has 0 aliphatic heterocycles. The zero-order valence-electron chi connectivity index (χ0n) is 14.3. The molecule has 1 rings (SSSR count). The summed E-state index contributed by atoms with van der Waals surface area (Å²) in [6, 6.07) is 4.86. The lowest BCUT2D eigenvalue weighted by Gasteiger charge is -2.13. The number of hydrogen-bond donors (Lipinski definition) is 3. The van der Waals surface area contributed by atoms with Gasteiger partial charge in [-0.2, -0.15) is 0 Å². The van der Waals surface area contributed by atoms with Gasteiger partial charge in [0.15, 0.2) is 18.1 Å². The van der Waals surface area contributed by atoms with Crippen molar-refractivity contribution in [3.63, 3.8) is 0 Å². The van der Waals surface area contributed by atoms with Gasteiger partial charge in [0.1, 0.15) is 0 Å². The zero-order chi connectivity index (χ0) is 17.2. The summed E-state index contributed by atoms with van der Waals surface area (Å²) in [6.07, 6.45) is 0.717. The van der Waals surface area contributed by atoms with E-state index in [0.717, 1.165) is 6.42 Å². The third-order valence-corrected chi connectivity index (χ3v) is 2.90. The Morgan fingerprint density at radius 3 is 2.54 bits per heavy atom. The third-order valence-electron chi connectivity index (χ3n) is 2.90. The second-order valence-electron chi connectivity index (χ2n) is 5.27. The summed E-state index contributed by atoms with van der Waals surface area (Å²) in [4.78, 5) is 23.6. The van der Waals surface area contributed by atoms with Crippen LogP contribution in [0.2, 0.25) is 0 Å². The van der Waals surface area contributed by atoms with E-state index in [2.05, 4.69) is 10.6 Å². The molecule has 136 valence electrons. The highest BCUT2D eigenvalue weighted by molar-refractivity contribution is 5.94. The Bertz CT molecular complexity index is 538. The van der Waals surface area contributed by atoms with Crippen molar-refractivity contribution in [3.05, 3.63) is 23.8 Å². The average Bonchev–Trinajstić information content (AvgIpc) is 2.52. The molecule has 2 amide bonds. The first-order chi connectivity index (χ1) is 11.0. The van der Waals surface area contributed by atoms with Crippen molar-refractivity contribution in [2.24, 2.45) is 5.73 Å². The van der Waals surface area contributed by atoms with Gasteiger partial charge in [-0.05, 0) is 45.0 Å². The van der Waals surface area contributed by atoms with Crippen LogP contribution in [0.5, 0.6) is 11.5 Å². The van der Waals surface area contributed by atoms with Crippen LogP contribution in [0, 0.1) is 0 Å². The number of carbonyl (C=O) groups excluding carboxylic acids is 2. The molecule has 0 aliphatic carbocycles. The predicted molar refractivity (Wildman–Crippen MR) is 95.0 cm³/mol. The van der Waals surface area contributed by atoms with Gasteiger partial charge < -0.3 is 25.8 Å². The largest absolute Gasteiger partial charge is 0.493 e. The molecule has 1 aromatic carbocycles. The van der Waals surface area contributed by atoms with Crippen LogP contribution in [-0.2, 0) is 4.79 Å². The minimum atomic E-state index is -0.217. The van der Waals surface area contributed by atoms with Gasteiger partial charge in [-0.15, -0.1) is 12.4 Å². The molecule has 0 unspecified atom stereocenters. The van der Waals surface area contributed by atoms with E-state index in [0.29, 0.717) is 30.2 Å². The lowest BCUT2D eigenvalue weighted by molar-refractivity contribution is -0.123. The molecule has 8 heteroatoms. The fraction of sp³-hybridized carbons (Fsp3) is 0.500. The maximum Gasteiger partial charge on any atom is 0.258 e. The first kappa shape index (κ1) is 22.0. The van der Waals surface area contributed by atoms with Crippen molar-refractivity contribution in [2.45, 2.75) is 26.3 Å². The van der Waals surface area contributed by atoms with E-state index in [-0.39, 0.29) is 36.9 Å². The van der Waals surface area contributed by atoms with Gasteiger partial charge in [-0.25, -0.2) is 0 Å². The highest BCUT2D eigenvalue weighted by Crippen LogP contribution is 2.28. The Morgan fingerprint density at radius 1 is 1.25 bits per heavy atom. The molecule has 0 saturated heterocycles. The van der Waals surface area contributed by atoms with Crippen LogP contribution in [0.4, 0.5) is 0 Å². The minimum Gasteiger partial charge on any atom is -0.493 e. The normalized spacial score (nSPS) is 9.88. The summed E-state index contributed by atoms with van der Waals surface area (Å²) < 4.78 is 10.7. The average molecular weight is 360 g/mol. The summed E-state index contributed by atoms with van der Waals surface area (Å²) in [7, 11) is 1.48. The number of ether oxygens (including phenoxy) is 2. The Balaban J connectivity index is 0.00000529. The van der Waals surface area contributed by atoms with Crippen molar-refractivity contribution in [3.8, 4) is 11.5 Å². The number of halogens is 1. The second-order valence-corrected chi connectivity index (χ2v) is 5.27. The number of benzene rings is 1. The topological polar surface area (TPSA) is 103 Å². The molecule has 0 heterocycles. The first-order valence-electron chi connectivity index (χ1n) is 7.56. The van der Waals surface area contributed by atoms with E-state index in [1.165, 1.54) is 7.11 Å². The lowest BCUT2D eigenvalue weighted by Crippen LogP contribution is -2.34. The van der Waals surface area contributed by atoms with E-state index in [1.807, 2.05) is 13.8 Å². The fourth-order valence-electron chi connectivity index (χ4n) is 1.84. The molecule has 4 N–H and O–H groups in total. The van der Waals surface area contributed by atoms with Gasteiger partial charge in [0, 0.05) is 18.2 Å². The molecule has 0 saturated carbocycles. The van der Waals surface area contributed by atoms with E-state index in [1.54, 1.807) is 18.2 Å². The summed E-state index contributed by atoms with van der Waals surface area (Å²) in [6.45, 7) is 4.67. The molecule has 24 heavy (non-hydrogen) atoms. The van der Waals surface area contributed by atoms with Crippen molar-refractivity contribution in [1.29, 1.82) is 0 Å². The number of nitrogens with two attached hydrogens (primary N) is 1. The molecule has 0 atom stereocenters. The van der Waals surface area contributed by atoms with Crippen LogP contribution in [0.1, 0.15) is 30.6 Å². The van der Waals surface area contributed by atoms with Crippen LogP contribution in [0.15, 0.2) is 18.2 Å². The molecule has 0 bridgehead atoms. The van der Waals surface area contributed by atoms with Crippen LogP contribution in [0.25, 0.3) is 0 Å². The Morgan fingerprint density at radius 2 is 1.96 bits per heavy atom. The molecule has 1 aromatic rings. The molecule has 0 fully saturated rings. The van der Waals surface area contributed by atoms with Crippen LogP contribution in [-0.4, -0.2) is 44.7 Å². The molecule has 7 nitrogen and oxygen atoms in total. The van der Waals surface area contributed by atoms with E-state index in [4.69, 9.17) is 15.2 Å². The van der Waals surface area contributed by atoms with Crippen LogP contribution >= 0.6 is 12.4 Å². The van der Waals surface area contributed by atoms with Gasteiger partial charge in [0.25, 0.3) is 11.8 Å². The monoisotopic (exact) mass is 359 g/mol. The van der Waals surface area contributed by atoms with Crippen molar-refractivity contribution in [2.75, 3.05) is 26.8 Å². The molecule has 0 spiro atoms. The quantitative estimate of drug-likeness (QED) is 0.573. The minimum absolute atomic E-state index is 0. The van der Waals surface area contributed by atoms with Crippen LogP contribution in [0.3, 0.4) is 0 Å². The van der Waals surface area contributed by atoms with E-state index in [9.17, 15) is 9.59 Å². The van der Waals surface area contributed by atoms with Gasteiger partial charge >= 0.3 is 0 Å². The SMILES string of the molecule is COc1cc(C(=O)NCCCN)ccc1OCC(=O)NC(C)C.Cl. The Labute approximate surface area is 148 Å². The van der Waals surface area contributed by atoms with Gasteiger partial charge in [-0.3, -0.25) is 9.59 Å². The number of carbonyl (C=O) groups is 2. The highest BCUT2D eigenvalue weighted by atomic mass is 35.5. The Kier molecular flexibility index (Phi) is 10.6. The number of hydrogen-bond acceptors (Lipinski definition) is 5. The maximum atomic E-state index is 12.0. The zero-order valence-corrected chi connectivity index (χ0v) is 15.1. The van der Waals surface area contributed by atoms with Crippen LogP contribution < -0.4 is 25.8 Å². The summed E-state index contributed by atoms with van der Waals surface area (Å²) in [5.41, 5.74) is 5.84. The van der Waals surface area contributed by atoms with E-state index < -0.39 is 0 Å². The molecular weight excluding hydrogens is 334 g/mol. The number of rotatable bonds is 9. The van der Waals surface area contributed by atoms with Crippen molar-refractivity contribution >= 4 is 24.2 Å².